The highest BCUT2D eigenvalue weighted by atomic mass is 16.2. The number of fused-ring (bicyclic) bond motifs is 1. The smallest absolute Gasteiger partial charge is 0.320 e. The Kier molecular flexibility index (Phi) is 5.88. The lowest BCUT2D eigenvalue weighted by Gasteiger charge is -2.18. The number of urea groups is 1. The van der Waals surface area contributed by atoms with Crippen molar-refractivity contribution < 1.29 is 4.79 Å². The molecule has 1 aliphatic rings. The van der Waals surface area contributed by atoms with Crippen LogP contribution < -0.4 is 16.4 Å². The zero-order valence-corrected chi connectivity index (χ0v) is 17.4. The van der Waals surface area contributed by atoms with Gasteiger partial charge in [0.05, 0.1) is 18.0 Å². The molecule has 1 aliphatic carbocycles. The molecule has 0 bridgehead atoms. The minimum atomic E-state index is -0.380. The number of hydrogen-bond acceptors (Lipinski definition) is 6. The topological polar surface area (TPSA) is 130 Å². The Hall–Kier alpha value is -3.81. The van der Waals surface area contributed by atoms with E-state index in [4.69, 9.17) is 11.1 Å². The maximum atomic E-state index is 12.4. The molecule has 0 unspecified atom stereocenters. The van der Waals surface area contributed by atoms with Crippen molar-refractivity contribution in [3.63, 3.8) is 0 Å². The number of nitrogens with two attached hydrogens (primary N) is 1. The van der Waals surface area contributed by atoms with Gasteiger partial charge in [-0.1, -0.05) is 0 Å². The molecule has 31 heavy (non-hydrogen) atoms. The van der Waals surface area contributed by atoms with Gasteiger partial charge < -0.3 is 11.1 Å². The Morgan fingerprint density at radius 1 is 1.13 bits per heavy atom. The Balaban J connectivity index is 1.40. The first kappa shape index (κ1) is 20.5. The van der Waals surface area contributed by atoms with E-state index >= 15 is 0 Å². The first-order valence-electron chi connectivity index (χ1n) is 10.3. The van der Waals surface area contributed by atoms with Gasteiger partial charge in [0, 0.05) is 47.2 Å². The molecule has 0 saturated carbocycles. The molecule has 8 heteroatoms. The van der Waals surface area contributed by atoms with Gasteiger partial charge in [0.15, 0.2) is 0 Å². The molecule has 0 aromatic carbocycles. The van der Waals surface area contributed by atoms with Crippen molar-refractivity contribution in [2.75, 3.05) is 11.1 Å². The highest BCUT2D eigenvalue weighted by molar-refractivity contribution is 6.13. The summed E-state index contributed by atoms with van der Waals surface area (Å²) in [6, 6.07) is 6.81. The number of aromatic nitrogens is 3. The van der Waals surface area contributed by atoms with Crippen molar-refractivity contribution in [1.82, 2.24) is 20.3 Å². The fourth-order valence-corrected chi connectivity index (χ4v) is 3.82. The van der Waals surface area contributed by atoms with Crippen LogP contribution in [0.3, 0.4) is 0 Å². The summed E-state index contributed by atoms with van der Waals surface area (Å²) in [5.74, 6) is 0.320. The van der Waals surface area contributed by atoms with Gasteiger partial charge in [-0.3, -0.25) is 20.7 Å². The number of amides is 2. The zero-order chi connectivity index (χ0) is 21.8. The summed E-state index contributed by atoms with van der Waals surface area (Å²) < 4.78 is 0. The summed E-state index contributed by atoms with van der Waals surface area (Å²) in [7, 11) is 0. The van der Waals surface area contributed by atoms with Gasteiger partial charge in [0.1, 0.15) is 5.82 Å². The Labute approximate surface area is 180 Å². The number of nitrogens with one attached hydrogen (secondary N) is 3. The summed E-state index contributed by atoms with van der Waals surface area (Å²) in [5.41, 5.74) is 12.3. The Morgan fingerprint density at radius 3 is 2.74 bits per heavy atom. The zero-order valence-electron chi connectivity index (χ0n) is 17.4. The minimum Gasteiger partial charge on any atom is -0.398 e. The molecule has 3 aromatic heterocycles. The number of rotatable bonds is 5. The van der Waals surface area contributed by atoms with E-state index in [2.05, 4.69) is 31.7 Å². The average molecular weight is 416 g/mol. The quantitative estimate of drug-likeness (QED) is 0.475. The van der Waals surface area contributed by atoms with Gasteiger partial charge in [0.25, 0.3) is 0 Å². The highest BCUT2D eigenvalue weighted by Crippen LogP contribution is 2.23. The number of carbonyl (C=O) groups is 1. The van der Waals surface area contributed by atoms with Crippen molar-refractivity contribution in [2.45, 2.75) is 39.2 Å². The third kappa shape index (κ3) is 4.69. The van der Waals surface area contributed by atoms with Crippen molar-refractivity contribution >= 4 is 23.2 Å². The lowest BCUT2D eigenvalue weighted by atomic mass is 9.91. The van der Waals surface area contributed by atoms with Crippen molar-refractivity contribution in [2.24, 2.45) is 0 Å². The predicted molar refractivity (Wildman–Crippen MR) is 120 cm³/mol. The van der Waals surface area contributed by atoms with Gasteiger partial charge >= 0.3 is 6.03 Å². The second kappa shape index (κ2) is 8.91. The summed E-state index contributed by atoms with van der Waals surface area (Å²) in [4.78, 5) is 25.2. The van der Waals surface area contributed by atoms with Crippen LogP contribution in [0.5, 0.6) is 0 Å². The van der Waals surface area contributed by atoms with Crippen LogP contribution in [0.4, 0.5) is 16.3 Å². The standard InChI is InChI=1S/C23H25N7O/c1-14-10-16(7-8-26-14)22(25)18-12-28-21(11-19(18)24)30-23(31)29-13-20-17-5-3-2-4-15(17)6-9-27-20/h6-12,25H,2-5,13H2,1H3,(H4,24,28,29,30,31). The minimum absolute atomic E-state index is 0.256. The number of nitrogen functional groups attached to an aromatic ring is 1. The molecule has 0 aliphatic heterocycles. The molecule has 2 amide bonds. The molecule has 0 spiro atoms. The van der Waals surface area contributed by atoms with Crippen LogP contribution in [0.25, 0.3) is 0 Å². The van der Waals surface area contributed by atoms with Crippen LogP contribution in [-0.4, -0.2) is 26.7 Å². The normalized spacial score (nSPS) is 12.7. The van der Waals surface area contributed by atoms with Crippen molar-refractivity contribution in [1.29, 1.82) is 5.41 Å². The summed E-state index contributed by atoms with van der Waals surface area (Å²) in [6.07, 6.45) is 9.39. The summed E-state index contributed by atoms with van der Waals surface area (Å²) in [5, 5.41) is 13.9. The molecule has 4 rings (SSSR count). The molecule has 5 N–H and O–H groups in total. The SMILES string of the molecule is Cc1cc(C(=N)c2cnc(NC(=O)NCc3nccc4c3CCCC4)cc2N)ccn1. The van der Waals surface area contributed by atoms with Crippen LogP contribution in [0.15, 0.2) is 42.9 Å². The Bertz CT molecular complexity index is 1140. The lowest BCUT2D eigenvalue weighted by Crippen LogP contribution is -2.29. The first-order valence-corrected chi connectivity index (χ1v) is 10.3. The first-order chi connectivity index (χ1) is 15.0. The number of nitrogens with zero attached hydrogens (tertiary/aromatic N) is 3. The van der Waals surface area contributed by atoms with E-state index in [-0.39, 0.29) is 11.7 Å². The fourth-order valence-electron chi connectivity index (χ4n) is 3.82. The van der Waals surface area contributed by atoms with Crippen LogP contribution in [-0.2, 0) is 19.4 Å². The van der Waals surface area contributed by atoms with E-state index in [9.17, 15) is 4.79 Å². The second-order valence-electron chi connectivity index (χ2n) is 7.63. The van der Waals surface area contributed by atoms with Crippen LogP contribution >= 0.6 is 0 Å². The molecule has 0 atom stereocenters. The van der Waals surface area contributed by atoms with Gasteiger partial charge in [0.2, 0.25) is 0 Å². The molecule has 3 aromatic rings. The second-order valence-corrected chi connectivity index (χ2v) is 7.63. The molecular formula is C23H25N7O. The van der Waals surface area contributed by atoms with Gasteiger partial charge in [-0.15, -0.1) is 0 Å². The van der Waals surface area contributed by atoms with E-state index in [1.54, 1.807) is 24.5 Å². The molecule has 158 valence electrons. The predicted octanol–water partition coefficient (Wildman–Crippen LogP) is 3.38. The van der Waals surface area contributed by atoms with Crippen molar-refractivity contribution in [3.8, 4) is 0 Å². The van der Waals surface area contributed by atoms with Crippen LogP contribution in [0.2, 0.25) is 0 Å². The third-order valence-corrected chi connectivity index (χ3v) is 5.41. The molecule has 0 fully saturated rings. The number of aryl methyl sites for hydroxylation is 2. The van der Waals surface area contributed by atoms with E-state index in [0.29, 0.717) is 29.2 Å². The average Bonchev–Trinajstić information content (AvgIpc) is 2.77. The number of hydrogen-bond donors (Lipinski definition) is 4. The van der Waals surface area contributed by atoms with E-state index in [0.717, 1.165) is 30.7 Å². The van der Waals surface area contributed by atoms with E-state index < -0.39 is 0 Å². The number of carbonyl (C=O) groups excluding carboxylic acids is 1. The number of anilines is 2. The van der Waals surface area contributed by atoms with E-state index in [1.807, 2.05) is 13.0 Å². The largest absolute Gasteiger partial charge is 0.398 e. The maximum absolute atomic E-state index is 12.4. The van der Waals surface area contributed by atoms with Gasteiger partial charge in [-0.05, 0) is 61.9 Å². The lowest BCUT2D eigenvalue weighted by molar-refractivity contribution is 0.251. The molecule has 8 nitrogen and oxygen atoms in total. The van der Waals surface area contributed by atoms with Crippen LogP contribution in [0, 0.1) is 12.3 Å². The monoisotopic (exact) mass is 415 g/mol. The number of pyridine rings is 3. The van der Waals surface area contributed by atoms with Crippen molar-refractivity contribution in [3.05, 3.63) is 76.5 Å². The summed E-state index contributed by atoms with van der Waals surface area (Å²) in [6.45, 7) is 2.22. The molecular weight excluding hydrogens is 390 g/mol. The van der Waals surface area contributed by atoms with Gasteiger partial charge in [-0.25, -0.2) is 9.78 Å². The fraction of sp³-hybridized carbons (Fsp3) is 0.261. The van der Waals surface area contributed by atoms with Gasteiger partial charge in [-0.2, -0.15) is 0 Å². The van der Waals surface area contributed by atoms with E-state index in [1.165, 1.54) is 23.7 Å². The molecule has 0 saturated heterocycles. The summed E-state index contributed by atoms with van der Waals surface area (Å²) >= 11 is 0. The molecule has 3 heterocycles. The highest BCUT2D eigenvalue weighted by Gasteiger charge is 2.15. The maximum Gasteiger partial charge on any atom is 0.320 e. The molecule has 0 radical (unpaired) electrons. The van der Waals surface area contributed by atoms with Crippen LogP contribution in [0.1, 0.15) is 46.5 Å². The third-order valence-electron chi connectivity index (χ3n) is 5.41. The Morgan fingerprint density at radius 2 is 1.94 bits per heavy atom.